The summed E-state index contributed by atoms with van der Waals surface area (Å²) in [7, 11) is 0. The van der Waals surface area contributed by atoms with Crippen molar-refractivity contribution in [2.75, 3.05) is 0 Å². The third-order valence-electron chi connectivity index (χ3n) is 2.77. The molecule has 1 aliphatic carbocycles. The molecule has 0 bridgehead atoms. The molecule has 16 heavy (non-hydrogen) atoms. The molecule has 0 saturated heterocycles. The summed E-state index contributed by atoms with van der Waals surface area (Å²) in [6, 6.07) is 3.89. The van der Waals surface area contributed by atoms with Crippen molar-refractivity contribution in [1.29, 1.82) is 0 Å². The van der Waals surface area contributed by atoms with E-state index in [9.17, 15) is 13.2 Å². The third-order valence-corrected chi connectivity index (χ3v) is 2.77. The maximum absolute atomic E-state index is 12.4. The molecule has 2 N–H and O–H groups in total. The van der Waals surface area contributed by atoms with Crippen molar-refractivity contribution in [3.05, 3.63) is 29.6 Å². The Labute approximate surface area is 91.7 Å². The smallest absolute Gasteiger partial charge is 0.327 e. The molecule has 0 amide bonds. The zero-order chi connectivity index (χ0) is 11.8. The third kappa shape index (κ3) is 2.72. The monoisotopic (exact) mass is 230 g/mol. The predicted octanol–water partition coefficient (Wildman–Crippen LogP) is 2.38. The van der Waals surface area contributed by atoms with Crippen molar-refractivity contribution >= 4 is 0 Å². The van der Waals surface area contributed by atoms with E-state index < -0.39 is 11.9 Å². The second kappa shape index (κ2) is 4.05. The van der Waals surface area contributed by atoms with Gasteiger partial charge in [0.25, 0.3) is 0 Å². The molecule has 0 radical (unpaired) electrons. The summed E-state index contributed by atoms with van der Waals surface area (Å²) in [6.07, 6.45) is -1.78. The van der Waals surface area contributed by atoms with Gasteiger partial charge >= 0.3 is 6.18 Å². The van der Waals surface area contributed by atoms with Crippen LogP contribution in [-0.2, 0) is 12.6 Å². The number of hydrogen-bond acceptors (Lipinski definition) is 2. The normalized spacial score (nSPS) is 18.5. The van der Waals surface area contributed by atoms with E-state index in [0.29, 0.717) is 18.0 Å². The van der Waals surface area contributed by atoms with Crippen molar-refractivity contribution in [3.63, 3.8) is 0 Å². The molecule has 1 aliphatic rings. The van der Waals surface area contributed by atoms with E-state index in [2.05, 4.69) is 4.98 Å². The summed E-state index contributed by atoms with van der Waals surface area (Å²) in [5, 5.41) is 0. The molecule has 1 atom stereocenters. The quantitative estimate of drug-likeness (QED) is 0.865. The minimum Gasteiger partial charge on any atom is -0.327 e. The molecule has 2 rings (SSSR count). The van der Waals surface area contributed by atoms with Crippen LogP contribution >= 0.6 is 0 Å². The topological polar surface area (TPSA) is 38.9 Å². The molecule has 1 aromatic rings. The minimum atomic E-state index is -4.38. The molecule has 1 fully saturated rings. The van der Waals surface area contributed by atoms with Crippen LogP contribution in [0.4, 0.5) is 13.2 Å². The van der Waals surface area contributed by atoms with Crippen LogP contribution in [0.5, 0.6) is 0 Å². The summed E-state index contributed by atoms with van der Waals surface area (Å²) in [5.74, 6) is 0.469. The van der Waals surface area contributed by atoms with E-state index >= 15 is 0 Å². The Morgan fingerprint density at radius 1 is 1.38 bits per heavy atom. The Kier molecular flexibility index (Phi) is 2.88. The molecular formula is C11H13F3N2. The summed E-state index contributed by atoms with van der Waals surface area (Å²) in [6.45, 7) is 0. The lowest BCUT2D eigenvalue weighted by Crippen LogP contribution is -2.26. The summed E-state index contributed by atoms with van der Waals surface area (Å²) in [5.41, 5.74) is 5.43. The van der Waals surface area contributed by atoms with E-state index in [4.69, 9.17) is 5.73 Å². The second-order valence-corrected chi connectivity index (χ2v) is 4.22. The van der Waals surface area contributed by atoms with Gasteiger partial charge in [-0.25, -0.2) is 4.98 Å². The van der Waals surface area contributed by atoms with Gasteiger partial charge < -0.3 is 5.73 Å². The number of aromatic nitrogens is 1. The Morgan fingerprint density at radius 3 is 2.62 bits per heavy atom. The second-order valence-electron chi connectivity index (χ2n) is 4.22. The van der Waals surface area contributed by atoms with Crippen molar-refractivity contribution in [1.82, 2.24) is 4.98 Å². The van der Waals surface area contributed by atoms with E-state index in [1.807, 2.05) is 0 Å². The molecular weight excluding hydrogens is 217 g/mol. The number of alkyl halides is 3. The zero-order valence-corrected chi connectivity index (χ0v) is 8.67. The van der Waals surface area contributed by atoms with Gasteiger partial charge in [-0.3, -0.25) is 0 Å². The van der Waals surface area contributed by atoms with Gasteiger partial charge in [-0.15, -0.1) is 0 Å². The molecule has 1 heterocycles. The van der Waals surface area contributed by atoms with Crippen LogP contribution < -0.4 is 5.73 Å². The number of nitrogens with zero attached hydrogens (tertiary/aromatic N) is 1. The van der Waals surface area contributed by atoms with Gasteiger partial charge in [0.2, 0.25) is 0 Å². The van der Waals surface area contributed by atoms with E-state index in [-0.39, 0.29) is 6.04 Å². The largest absolute Gasteiger partial charge is 0.433 e. The number of pyridine rings is 1. The van der Waals surface area contributed by atoms with Crippen LogP contribution in [0.1, 0.15) is 24.2 Å². The number of halogens is 3. The average molecular weight is 230 g/mol. The molecule has 88 valence electrons. The summed E-state index contributed by atoms with van der Waals surface area (Å²) < 4.78 is 37.1. The Balaban J connectivity index is 2.09. The highest BCUT2D eigenvalue weighted by Crippen LogP contribution is 2.33. The fraction of sp³-hybridized carbons (Fsp3) is 0.545. The molecule has 1 unspecified atom stereocenters. The SMILES string of the molecule is NC(Cc1cccc(C(F)(F)F)n1)C1CC1. The Hall–Kier alpha value is -1.10. The van der Waals surface area contributed by atoms with Crippen LogP contribution in [0.15, 0.2) is 18.2 Å². The van der Waals surface area contributed by atoms with Crippen LogP contribution in [0.2, 0.25) is 0 Å². The number of hydrogen-bond donors (Lipinski definition) is 1. The van der Waals surface area contributed by atoms with E-state index in [0.717, 1.165) is 18.9 Å². The first-order valence-corrected chi connectivity index (χ1v) is 5.25. The van der Waals surface area contributed by atoms with Crippen LogP contribution in [0, 0.1) is 5.92 Å². The molecule has 1 saturated carbocycles. The van der Waals surface area contributed by atoms with Gasteiger partial charge in [0, 0.05) is 18.2 Å². The molecule has 1 aromatic heterocycles. The highest BCUT2D eigenvalue weighted by atomic mass is 19.4. The van der Waals surface area contributed by atoms with Crippen LogP contribution in [-0.4, -0.2) is 11.0 Å². The number of rotatable bonds is 3. The van der Waals surface area contributed by atoms with Crippen LogP contribution in [0.25, 0.3) is 0 Å². The van der Waals surface area contributed by atoms with Crippen molar-refractivity contribution in [2.45, 2.75) is 31.5 Å². The lowest BCUT2D eigenvalue weighted by Gasteiger charge is -2.11. The number of nitrogens with two attached hydrogens (primary N) is 1. The summed E-state index contributed by atoms with van der Waals surface area (Å²) >= 11 is 0. The fourth-order valence-corrected chi connectivity index (χ4v) is 1.68. The van der Waals surface area contributed by atoms with Gasteiger partial charge in [0.05, 0.1) is 0 Å². The Morgan fingerprint density at radius 2 is 2.06 bits per heavy atom. The molecule has 5 heteroatoms. The van der Waals surface area contributed by atoms with Crippen LogP contribution in [0.3, 0.4) is 0 Å². The highest BCUT2D eigenvalue weighted by Gasteiger charge is 2.33. The van der Waals surface area contributed by atoms with E-state index in [1.165, 1.54) is 6.07 Å². The zero-order valence-electron chi connectivity index (χ0n) is 8.67. The lowest BCUT2D eigenvalue weighted by molar-refractivity contribution is -0.141. The van der Waals surface area contributed by atoms with Crippen molar-refractivity contribution in [2.24, 2.45) is 11.7 Å². The minimum absolute atomic E-state index is 0.0593. The first-order valence-electron chi connectivity index (χ1n) is 5.25. The molecule has 0 aromatic carbocycles. The maximum atomic E-state index is 12.4. The Bertz CT molecular complexity index is 372. The predicted molar refractivity (Wildman–Crippen MR) is 53.6 cm³/mol. The lowest BCUT2D eigenvalue weighted by atomic mass is 10.1. The van der Waals surface area contributed by atoms with Crippen molar-refractivity contribution in [3.8, 4) is 0 Å². The average Bonchev–Trinajstić information content (AvgIpc) is 2.99. The van der Waals surface area contributed by atoms with Gasteiger partial charge in [-0.05, 0) is 30.9 Å². The molecule has 0 spiro atoms. The van der Waals surface area contributed by atoms with Gasteiger partial charge in [0.15, 0.2) is 0 Å². The molecule has 0 aliphatic heterocycles. The van der Waals surface area contributed by atoms with Gasteiger partial charge in [-0.2, -0.15) is 13.2 Å². The standard InChI is InChI=1S/C11H13F3N2/c12-11(13,14)10-3-1-2-8(16-10)6-9(15)7-4-5-7/h1-3,7,9H,4-6,15H2. The van der Waals surface area contributed by atoms with Crippen molar-refractivity contribution < 1.29 is 13.2 Å². The fourth-order valence-electron chi connectivity index (χ4n) is 1.68. The molecule has 2 nitrogen and oxygen atoms in total. The maximum Gasteiger partial charge on any atom is 0.433 e. The summed E-state index contributed by atoms with van der Waals surface area (Å²) in [4.78, 5) is 3.59. The first-order chi connectivity index (χ1) is 7.47. The van der Waals surface area contributed by atoms with Gasteiger partial charge in [0.1, 0.15) is 5.69 Å². The first kappa shape index (κ1) is 11.4. The van der Waals surface area contributed by atoms with E-state index in [1.54, 1.807) is 6.07 Å². The van der Waals surface area contributed by atoms with Gasteiger partial charge in [-0.1, -0.05) is 6.07 Å². The highest BCUT2D eigenvalue weighted by molar-refractivity contribution is 5.15.